The van der Waals surface area contributed by atoms with Crippen LogP contribution in [0.5, 0.6) is 0 Å². The van der Waals surface area contributed by atoms with E-state index in [2.05, 4.69) is 67.7 Å². The van der Waals surface area contributed by atoms with E-state index in [1.165, 1.54) is 36.1 Å². The summed E-state index contributed by atoms with van der Waals surface area (Å²) in [5.41, 5.74) is 3.95. The van der Waals surface area contributed by atoms with Gasteiger partial charge in [0.25, 0.3) is 0 Å². The van der Waals surface area contributed by atoms with Crippen molar-refractivity contribution < 1.29 is 0 Å². The Morgan fingerprint density at radius 3 is 2.26 bits per heavy atom. The molecule has 0 saturated carbocycles. The lowest BCUT2D eigenvalue weighted by atomic mass is 10.0. The van der Waals surface area contributed by atoms with E-state index in [-0.39, 0.29) is 0 Å². The Hall–Kier alpha value is -1.76. The monoisotopic (exact) mass is 253 g/mol. The first-order valence-electron chi connectivity index (χ1n) is 7.20. The van der Waals surface area contributed by atoms with E-state index >= 15 is 0 Å². The first kappa shape index (κ1) is 13.7. The Bertz CT molecular complexity index is 473. The van der Waals surface area contributed by atoms with Crippen LogP contribution in [-0.4, -0.2) is 0 Å². The Morgan fingerprint density at radius 2 is 1.63 bits per heavy atom. The standard InChI is InChI=1S/C18H23N/c1-3-4-8-16-11-13-17(14-12-16)15(2)19-18-9-6-5-7-10-18/h5-7,9-15,19H,3-4,8H2,1-2H3. The molecule has 19 heavy (non-hydrogen) atoms. The molecule has 0 aliphatic carbocycles. The molecule has 0 spiro atoms. The molecule has 0 heterocycles. The second kappa shape index (κ2) is 6.98. The van der Waals surface area contributed by atoms with Gasteiger partial charge in [-0.05, 0) is 43.0 Å². The first-order valence-corrected chi connectivity index (χ1v) is 7.20. The van der Waals surface area contributed by atoms with Gasteiger partial charge in [0.1, 0.15) is 0 Å². The zero-order valence-corrected chi connectivity index (χ0v) is 11.9. The average Bonchev–Trinajstić information content (AvgIpc) is 2.46. The molecule has 2 aromatic rings. The molecule has 0 amide bonds. The van der Waals surface area contributed by atoms with E-state index in [4.69, 9.17) is 0 Å². The Morgan fingerprint density at radius 1 is 0.947 bits per heavy atom. The number of rotatable bonds is 6. The Balaban J connectivity index is 1.97. The lowest BCUT2D eigenvalue weighted by Gasteiger charge is -2.16. The molecule has 1 heteroatoms. The third-order valence-electron chi connectivity index (χ3n) is 3.46. The minimum atomic E-state index is 0.336. The van der Waals surface area contributed by atoms with Crippen LogP contribution in [0.1, 0.15) is 43.9 Å². The summed E-state index contributed by atoms with van der Waals surface area (Å²) in [5, 5.41) is 3.52. The molecule has 2 rings (SSSR count). The largest absolute Gasteiger partial charge is 0.379 e. The predicted molar refractivity (Wildman–Crippen MR) is 83.5 cm³/mol. The number of unbranched alkanes of at least 4 members (excludes halogenated alkanes) is 1. The summed E-state index contributed by atoms with van der Waals surface area (Å²) in [6.07, 6.45) is 3.72. The number of hydrogen-bond donors (Lipinski definition) is 1. The smallest absolute Gasteiger partial charge is 0.0485 e. The van der Waals surface area contributed by atoms with Gasteiger partial charge in [0, 0.05) is 11.7 Å². The highest BCUT2D eigenvalue weighted by Gasteiger charge is 2.04. The highest BCUT2D eigenvalue weighted by Crippen LogP contribution is 2.19. The molecule has 0 fully saturated rings. The molecule has 0 bridgehead atoms. The first-order chi connectivity index (χ1) is 9.29. The van der Waals surface area contributed by atoms with E-state index < -0.39 is 0 Å². The van der Waals surface area contributed by atoms with E-state index in [0.29, 0.717) is 6.04 Å². The van der Waals surface area contributed by atoms with Crippen molar-refractivity contribution in [3.8, 4) is 0 Å². The lowest BCUT2D eigenvalue weighted by Crippen LogP contribution is -2.06. The number of benzene rings is 2. The van der Waals surface area contributed by atoms with E-state index in [0.717, 1.165) is 0 Å². The fourth-order valence-electron chi connectivity index (χ4n) is 2.22. The molecule has 1 atom stereocenters. The molecule has 1 unspecified atom stereocenters. The number of hydrogen-bond acceptors (Lipinski definition) is 1. The van der Waals surface area contributed by atoms with Crippen molar-refractivity contribution in [2.75, 3.05) is 5.32 Å². The van der Waals surface area contributed by atoms with Crippen molar-refractivity contribution in [3.63, 3.8) is 0 Å². The molecule has 1 N–H and O–H groups in total. The average molecular weight is 253 g/mol. The van der Waals surface area contributed by atoms with Crippen molar-refractivity contribution in [1.29, 1.82) is 0 Å². The van der Waals surface area contributed by atoms with Crippen LogP contribution in [0.25, 0.3) is 0 Å². The highest BCUT2D eigenvalue weighted by atomic mass is 14.9. The maximum Gasteiger partial charge on any atom is 0.0485 e. The van der Waals surface area contributed by atoms with Crippen molar-refractivity contribution in [1.82, 2.24) is 0 Å². The van der Waals surface area contributed by atoms with Crippen LogP contribution in [0, 0.1) is 0 Å². The van der Waals surface area contributed by atoms with Crippen LogP contribution in [0.2, 0.25) is 0 Å². The minimum Gasteiger partial charge on any atom is -0.379 e. The second-order valence-electron chi connectivity index (χ2n) is 5.08. The Kier molecular flexibility index (Phi) is 5.02. The van der Waals surface area contributed by atoms with Crippen molar-refractivity contribution in [3.05, 3.63) is 65.7 Å². The summed E-state index contributed by atoms with van der Waals surface area (Å²) in [5.74, 6) is 0. The molecule has 0 aromatic heterocycles. The fraction of sp³-hybridized carbons (Fsp3) is 0.333. The van der Waals surface area contributed by atoms with Gasteiger partial charge in [0.15, 0.2) is 0 Å². The van der Waals surface area contributed by atoms with E-state index in [1.54, 1.807) is 0 Å². The zero-order chi connectivity index (χ0) is 13.5. The maximum absolute atomic E-state index is 3.52. The second-order valence-corrected chi connectivity index (χ2v) is 5.08. The molecular formula is C18H23N. The minimum absolute atomic E-state index is 0.336. The molecule has 0 saturated heterocycles. The Labute approximate surface area is 116 Å². The van der Waals surface area contributed by atoms with Gasteiger partial charge < -0.3 is 5.32 Å². The topological polar surface area (TPSA) is 12.0 Å². The summed E-state index contributed by atoms with van der Waals surface area (Å²) in [6, 6.07) is 19.7. The molecule has 100 valence electrons. The number of para-hydroxylation sites is 1. The van der Waals surface area contributed by atoms with Crippen molar-refractivity contribution >= 4 is 5.69 Å². The third kappa shape index (κ3) is 4.13. The third-order valence-corrected chi connectivity index (χ3v) is 3.46. The van der Waals surface area contributed by atoms with Crippen LogP contribution in [-0.2, 0) is 6.42 Å². The lowest BCUT2D eigenvalue weighted by molar-refractivity contribution is 0.793. The normalized spacial score (nSPS) is 12.1. The molecule has 0 aliphatic heterocycles. The summed E-state index contributed by atoms with van der Waals surface area (Å²) in [6.45, 7) is 4.44. The van der Waals surface area contributed by atoms with Crippen LogP contribution in [0.15, 0.2) is 54.6 Å². The van der Waals surface area contributed by atoms with Gasteiger partial charge in [0.05, 0.1) is 0 Å². The van der Waals surface area contributed by atoms with E-state index in [9.17, 15) is 0 Å². The van der Waals surface area contributed by atoms with Crippen LogP contribution >= 0.6 is 0 Å². The summed E-state index contributed by atoms with van der Waals surface area (Å²) in [7, 11) is 0. The van der Waals surface area contributed by atoms with Crippen LogP contribution in [0.4, 0.5) is 5.69 Å². The van der Waals surface area contributed by atoms with Gasteiger partial charge in [-0.2, -0.15) is 0 Å². The van der Waals surface area contributed by atoms with Gasteiger partial charge >= 0.3 is 0 Å². The molecule has 0 aliphatic rings. The van der Waals surface area contributed by atoms with Gasteiger partial charge in [-0.3, -0.25) is 0 Å². The molecule has 1 nitrogen and oxygen atoms in total. The quantitative estimate of drug-likeness (QED) is 0.746. The summed E-state index contributed by atoms with van der Waals surface area (Å²) >= 11 is 0. The van der Waals surface area contributed by atoms with E-state index in [1.807, 2.05) is 6.07 Å². The number of aryl methyl sites for hydroxylation is 1. The van der Waals surface area contributed by atoms with Gasteiger partial charge in [0.2, 0.25) is 0 Å². The van der Waals surface area contributed by atoms with Crippen LogP contribution in [0.3, 0.4) is 0 Å². The maximum atomic E-state index is 3.52. The van der Waals surface area contributed by atoms with Crippen molar-refractivity contribution in [2.24, 2.45) is 0 Å². The highest BCUT2D eigenvalue weighted by molar-refractivity contribution is 5.45. The van der Waals surface area contributed by atoms with Gasteiger partial charge in [-0.1, -0.05) is 55.8 Å². The van der Waals surface area contributed by atoms with Crippen molar-refractivity contribution in [2.45, 2.75) is 39.2 Å². The number of anilines is 1. The fourth-order valence-corrected chi connectivity index (χ4v) is 2.22. The summed E-state index contributed by atoms with van der Waals surface area (Å²) in [4.78, 5) is 0. The zero-order valence-electron chi connectivity index (χ0n) is 11.9. The van der Waals surface area contributed by atoms with Gasteiger partial charge in [-0.25, -0.2) is 0 Å². The molecular weight excluding hydrogens is 230 g/mol. The van der Waals surface area contributed by atoms with Crippen LogP contribution < -0.4 is 5.32 Å². The van der Waals surface area contributed by atoms with Gasteiger partial charge in [-0.15, -0.1) is 0 Å². The number of nitrogens with one attached hydrogen (secondary N) is 1. The molecule has 0 radical (unpaired) electrons. The summed E-state index contributed by atoms with van der Waals surface area (Å²) < 4.78 is 0. The predicted octanol–water partition coefficient (Wildman–Crippen LogP) is 5.20. The molecule has 2 aromatic carbocycles. The SMILES string of the molecule is CCCCc1ccc(C(C)Nc2ccccc2)cc1.